The van der Waals surface area contributed by atoms with Gasteiger partial charge in [-0.2, -0.15) is 0 Å². The largest absolute Gasteiger partial charge is 0.370 e. The Balaban J connectivity index is 1.64. The van der Waals surface area contributed by atoms with Crippen LogP contribution in [0.3, 0.4) is 0 Å². The van der Waals surface area contributed by atoms with E-state index in [4.69, 9.17) is 5.73 Å². The lowest BCUT2D eigenvalue weighted by atomic mass is 10.1. The Kier molecular flexibility index (Phi) is 3.46. The molecular formula is C16H20N4. The van der Waals surface area contributed by atoms with E-state index in [2.05, 4.69) is 28.5 Å². The van der Waals surface area contributed by atoms with E-state index < -0.39 is 0 Å². The summed E-state index contributed by atoms with van der Waals surface area (Å²) in [5, 5.41) is 3.17. The number of hydrogen-bond donors (Lipinski definition) is 2. The van der Waals surface area contributed by atoms with E-state index in [1.165, 1.54) is 30.4 Å². The van der Waals surface area contributed by atoms with E-state index in [0.29, 0.717) is 12.5 Å². The van der Waals surface area contributed by atoms with Crippen LogP contribution in [0, 0.1) is 0 Å². The molecule has 4 nitrogen and oxygen atoms in total. The van der Waals surface area contributed by atoms with Gasteiger partial charge in [-0.15, -0.1) is 0 Å². The topological polar surface area (TPSA) is 55.3 Å². The highest BCUT2D eigenvalue weighted by molar-refractivity contribution is 5.92. The fourth-order valence-corrected chi connectivity index (χ4v) is 2.67. The first-order valence-electron chi connectivity index (χ1n) is 7.00. The predicted molar refractivity (Wildman–Crippen MR) is 82.8 cm³/mol. The molecule has 0 unspecified atom stereocenters. The van der Waals surface area contributed by atoms with Gasteiger partial charge in [-0.1, -0.05) is 6.07 Å². The average molecular weight is 268 g/mol. The quantitative estimate of drug-likeness (QED) is 0.663. The molecular weight excluding hydrogens is 248 g/mol. The molecule has 1 aliphatic rings. The first-order valence-corrected chi connectivity index (χ1v) is 7.00. The summed E-state index contributed by atoms with van der Waals surface area (Å²) in [6.07, 6.45) is 7.69. The molecule has 1 aromatic carbocycles. The van der Waals surface area contributed by atoms with Gasteiger partial charge in [-0.05, 0) is 54.2 Å². The third-order valence-corrected chi connectivity index (χ3v) is 3.70. The minimum atomic E-state index is 0.465. The van der Waals surface area contributed by atoms with E-state index in [0.717, 1.165) is 11.3 Å². The monoisotopic (exact) mass is 268 g/mol. The molecule has 0 saturated heterocycles. The van der Waals surface area contributed by atoms with Gasteiger partial charge in [-0.3, -0.25) is 0 Å². The molecule has 1 aliphatic carbocycles. The maximum atomic E-state index is 5.94. The number of aryl methyl sites for hydroxylation is 3. The normalized spacial score (nSPS) is 14.3. The number of benzene rings is 1. The fraction of sp³-hybridized carbons (Fsp3) is 0.312. The Labute approximate surface area is 119 Å². The van der Waals surface area contributed by atoms with Crippen molar-refractivity contribution in [2.24, 2.45) is 17.8 Å². The highest BCUT2D eigenvalue weighted by Gasteiger charge is 2.10. The molecule has 2 aromatic rings. The Morgan fingerprint density at radius 3 is 2.95 bits per heavy atom. The minimum Gasteiger partial charge on any atom is -0.370 e. The molecule has 0 saturated carbocycles. The van der Waals surface area contributed by atoms with Crippen LogP contribution in [0.25, 0.3) is 0 Å². The van der Waals surface area contributed by atoms with Crippen LogP contribution in [0.5, 0.6) is 0 Å². The van der Waals surface area contributed by atoms with Gasteiger partial charge in [-0.25, -0.2) is 4.99 Å². The fourth-order valence-electron chi connectivity index (χ4n) is 2.67. The van der Waals surface area contributed by atoms with E-state index in [1.54, 1.807) is 0 Å². The number of nitrogens with one attached hydrogen (secondary N) is 1. The van der Waals surface area contributed by atoms with E-state index in [9.17, 15) is 0 Å². The van der Waals surface area contributed by atoms with Crippen molar-refractivity contribution < 1.29 is 0 Å². The second kappa shape index (κ2) is 5.41. The number of aliphatic imine (C=N–C) groups is 1. The molecule has 0 amide bonds. The van der Waals surface area contributed by atoms with Crippen LogP contribution < -0.4 is 11.1 Å². The zero-order chi connectivity index (χ0) is 13.9. The first kappa shape index (κ1) is 12.8. The van der Waals surface area contributed by atoms with Crippen molar-refractivity contribution in [2.45, 2.75) is 25.8 Å². The van der Waals surface area contributed by atoms with Gasteiger partial charge in [0.25, 0.3) is 0 Å². The number of hydrogen-bond acceptors (Lipinski definition) is 1. The molecule has 1 heterocycles. The van der Waals surface area contributed by atoms with Crippen molar-refractivity contribution in [3.8, 4) is 0 Å². The van der Waals surface area contributed by atoms with Crippen LogP contribution in [-0.2, 0) is 26.4 Å². The summed E-state index contributed by atoms with van der Waals surface area (Å²) in [4.78, 5) is 4.37. The number of nitrogens with two attached hydrogens (primary N) is 1. The van der Waals surface area contributed by atoms with Crippen LogP contribution in [0.4, 0.5) is 5.69 Å². The molecule has 3 N–H and O–H groups in total. The molecule has 0 bridgehead atoms. The Morgan fingerprint density at radius 2 is 2.15 bits per heavy atom. The number of anilines is 1. The zero-order valence-corrected chi connectivity index (χ0v) is 11.8. The molecule has 20 heavy (non-hydrogen) atoms. The van der Waals surface area contributed by atoms with Crippen molar-refractivity contribution in [1.82, 2.24) is 4.57 Å². The Morgan fingerprint density at radius 1 is 1.30 bits per heavy atom. The van der Waals surface area contributed by atoms with Crippen molar-refractivity contribution in [3.05, 3.63) is 53.3 Å². The van der Waals surface area contributed by atoms with E-state index in [1.807, 2.05) is 30.1 Å². The lowest BCUT2D eigenvalue weighted by Gasteiger charge is -2.07. The Bertz CT molecular complexity index is 640. The summed E-state index contributed by atoms with van der Waals surface area (Å²) < 4.78 is 2.01. The lowest BCUT2D eigenvalue weighted by molar-refractivity contribution is 0.912. The summed E-state index contributed by atoms with van der Waals surface area (Å²) in [6.45, 7) is 0.602. The maximum Gasteiger partial charge on any atom is 0.193 e. The van der Waals surface area contributed by atoms with E-state index >= 15 is 0 Å². The highest BCUT2D eigenvalue weighted by atomic mass is 15.1. The summed E-state index contributed by atoms with van der Waals surface area (Å²) in [7, 11) is 2.00. The van der Waals surface area contributed by atoms with Gasteiger partial charge >= 0.3 is 0 Å². The number of aromatic nitrogens is 1. The number of guanidine groups is 1. The van der Waals surface area contributed by atoms with Crippen molar-refractivity contribution in [2.75, 3.05) is 5.32 Å². The highest BCUT2D eigenvalue weighted by Crippen LogP contribution is 2.24. The zero-order valence-electron chi connectivity index (χ0n) is 11.8. The van der Waals surface area contributed by atoms with Crippen molar-refractivity contribution >= 4 is 11.6 Å². The summed E-state index contributed by atoms with van der Waals surface area (Å²) in [5.74, 6) is 0.465. The van der Waals surface area contributed by atoms with Crippen LogP contribution in [0.1, 0.15) is 23.1 Å². The molecule has 0 radical (unpaired) electrons. The lowest BCUT2D eigenvalue weighted by Crippen LogP contribution is -2.22. The van der Waals surface area contributed by atoms with Crippen LogP contribution in [0.2, 0.25) is 0 Å². The summed E-state index contributed by atoms with van der Waals surface area (Å²) in [5.41, 5.74) is 11.0. The van der Waals surface area contributed by atoms with Crippen LogP contribution in [-0.4, -0.2) is 10.5 Å². The summed E-state index contributed by atoms with van der Waals surface area (Å²) in [6, 6.07) is 8.50. The SMILES string of the molecule is Cn1ccc(CN=C(N)Nc2ccc3c(c2)CCC3)c1. The number of fused-ring (bicyclic) bond motifs is 1. The van der Waals surface area contributed by atoms with Gasteiger partial charge in [0.2, 0.25) is 0 Å². The molecule has 0 atom stereocenters. The predicted octanol–water partition coefficient (Wildman–Crippen LogP) is 2.44. The standard InChI is InChI=1S/C16H20N4/c1-20-8-7-12(11-20)10-18-16(17)19-15-6-5-13-3-2-4-14(13)9-15/h5-9,11H,2-4,10H2,1H3,(H3,17,18,19). The van der Waals surface area contributed by atoms with Crippen LogP contribution in [0.15, 0.2) is 41.7 Å². The molecule has 0 fully saturated rings. The average Bonchev–Trinajstić information content (AvgIpc) is 3.04. The molecule has 0 aliphatic heterocycles. The van der Waals surface area contributed by atoms with Gasteiger partial charge < -0.3 is 15.6 Å². The summed E-state index contributed by atoms with van der Waals surface area (Å²) >= 11 is 0. The number of nitrogens with zero attached hydrogens (tertiary/aromatic N) is 2. The second-order valence-corrected chi connectivity index (χ2v) is 5.35. The van der Waals surface area contributed by atoms with Gasteiger partial charge in [0.05, 0.1) is 6.54 Å². The first-order chi connectivity index (χ1) is 9.70. The van der Waals surface area contributed by atoms with Gasteiger partial charge in [0, 0.05) is 25.1 Å². The van der Waals surface area contributed by atoms with Gasteiger partial charge in [0.15, 0.2) is 5.96 Å². The van der Waals surface area contributed by atoms with E-state index in [-0.39, 0.29) is 0 Å². The number of rotatable bonds is 3. The van der Waals surface area contributed by atoms with Crippen molar-refractivity contribution in [3.63, 3.8) is 0 Å². The molecule has 1 aromatic heterocycles. The Hall–Kier alpha value is -2.23. The third kappa shape index (κ3) is 2.85. The smallest absolute Gasteiger partial charge is 0.193 e. The molecule has 0 spiro atoms. The van der Waals surface area contributed by atoms with Crippen LogP contribution >= 0.6 is 0 Å². The van der Waals surface area contributed by atoms with Crippen molar-refractivity contribution in [1.29, 1.82) is 0 Å². The minimum absolute atomic E-state index is 0.465. The maximum absolute atomic E-state index is 5.94. The molecule has 3 rings (SSSR count). The van der Waals surface area contributed by atoms with Gasteiger partial charge in [0.1, 0.15) is 0 Å². The molecule has 4 heteroatoms. The second-order valence-electron chi connectivity index (χ2n) is 5.35. The third-order valence-electron chi connectivity index (χ3n) is 3.70. The molecule has 104 valence electrons.